The zero-order valence-electron chi connectivity index (χ0n) is 12.7. The van der Waals surface area contributed by atoms with Crippen molar-refractivity contribution in [3.8, 4) is 0 Å². The standard InChI is InChI=1S/C17H14F2N2O2S/c18-10-2-1-3-11(19)15(10)16-14-9-4-6-23-7-5-12(9)24-17(14)21-13(22)8-20-16/h1-3H,4-8H2,(H,21,22). The molecule has 1 aromatic carbocycles. The molecule has 1 aromatic heterocycles. The average Bonchev–Trinajstić information content (AvgIpc) is 2.68. The predicted octanol–water partition coefficient (Wildman–Crippen LogP) is 2.93. The van der Waals surface area contributed by atoms with Crippen molar-refractivity contribution in [1.29, 1.82) is 0 Å². The Kier molecular flexibility index (Phi) is 3.90. The highest BCUT2D eigenvalue weighted by molar-refractivity contribution is 7.17. The minimum atomic E-state index is -0.682. The van der Waals surface area contributed by atoms with Gasteiger partial charge >= 0.3 is 0 Å². The molecule has 0 atom stereocenters. The number of hydrogen-bond acceptors (Lipinski definition) is 4. The molecule has 7 heteroatoms. The van der Waals surface area contributed by atoms with Gasteiger partial charge in [-0.25, -0.2) is 8.78 Å². The first-order valence-corrected chi connectivity index (χ1v) is 8.48. The fraction of sp³-hybridized carbons (Fsp3) is 0.294. The molecule has 2 aromatic rings. The van der Waals surface area contributed by atoms with Crippen LogP contribution < -0.4 is 5.32 Å². The molecule has 3 heterocycles. The van der Waals surface area contributed by atoms with E-state index in [9.17, 15) is 13.6 Å². The first kappa shape index (κ1) is 15.4. The van der Waals surface area contributed by atoms with E-state index in [1.54, 1.807) is 0 Å². The van der Waals surface area contributed by atoms with Crippen LogP contribution in [0.3, 0.4) is 0 Å². The summed E-state index contributed by atoms with van der Waals surface area (Å²) < 4.78 is 34.2. The maximum atomic E-state index is 14.3. The van der Waals surface area contributed by atoms with Crippen LogP contribution in [0.1, 0.15) is 21.6 Å². The van der Waals surface area contributed by atoms with E-state index in [0.717, 1.165) is 16.9 Å². The van der Waals surface area contributed by atoms with Crippen molar-refractivity contribution in [2.75, 3.05) is 25.1 Å². The fourth-order valence-electron chi connectivity index (χ4n) is 3.08. The Bertz CT molecular complexity index is 840. The van der Waals surface area contributed by atoms with Crippen LogP contribution in [-0.4, -0.2) is 31.4 Å². The maximum absolute atomic E-state index is 14.3. The van der Waals surface area contributed by atoms with E-state index >= 15 is 0 Å². The Morgan fingerprint density at radius 2 is 1.88 bits per heavy atom. The van der Waals surface area contributed by atoms with Crippen LogP contribution in [-0.2, 0) is 22.4 Å². The van der Waals surface area contributed by atoms with Gasteiger partial charge in [0.25, 0.3) is 0 Å². The van der Waals surface area contributed by atoms with Crippen LogP contribution >= 0.6 is 11.3 Å². The summed E-state index contributed by atoms with van der Waals surface area (Å²) in [6, 6.07) is 3.72. The van der Waals surface area contributed by atoms with Crippen LogP contribution in [0.15, 0.2) is 23.2 Å². The van der Waals surface area contributed by atoms with E-state index in [-0.39, 0.29) is 23.7 Å². The van der Waals surface area contributed by atoms with E-state index in [1.165, 1.54) is 29.5 Å². The summed E-state index contributed by atoms with van der Waals surface area (Å²) in [5.41, 5.74) is 1.63. The summed E-state index contributed by atoms with van der Waals surface area (Å²) in [7, 11) is 0. The van der Waals surface area contributed by atoms with E-state index in [4.69, 9.17) is 4.74 Å². The number of nitrogens with one attached hydrogen (secondary N) is 1. The van der Waals surface area contributed by atoms with Crippen LogP contribution in [0.2, 0.25) is 0 Å². The van der Waals surface area contributed by atoms with Gasteiger partial charge in [-0.3, -0.25) is 9.79 Å². The second kappa shape index (κ2) is 6.07. The Labute approximate surface area is 141 Å². The number of anilines is 1. The molecule has 2 aliphatic rings. The predicted molar refractivity (Wildman–Crippen MR) is 88.0 cm³/mol. The molecule has 124 valence electrons. The molecule has 2 aliphatic heterocycles. The molecule has 0 spiro atoms. The van der Waals surface area contributed by atoms with E-state index in [2.05, 4.69) is 10.3 Å². The van der Waals surface area contributed by atoms with Crippen molar-refractivity contribution in [2.45, 2.75) is 12.8 Å². The summed E-state index contributed by atoms with van der Waals surface area (Å²) >= 11 is 1.44. The van der Waals surface area contributed by atoms with Gasteiger partial charge in [-0.15, -0.1) is 11.3 Å². The Morgan fingerprint density at radius 1 is 1.12 bits per heavy atom. The number of aliphatic imine (C=N–C) groups is 1. The molecule has 0 fully saturated rings. The van der Waals surface area contributed by atoms with Gasteiger partial charge in [0.05, 0.1) is 24.5 Å². The summed E-state index contributed by atoms with van der Waals surface area (Å²) in [5.74, 6) is -1.65. The highest BCUT2D eigenvalue weighted by Crippen LogP contribution is 2.38. The lowest BCUT2D eigenvalue weighted by atomic mass is 9.96. The smallest absolute Gasteiger partial charge is 0.246 e. The van der Waals surface area contributed by atoms with Crippen molar-refractivity contribution < 1.29 is 18.3 Å². The van der Waals surface area contributed by atoms with Gasteiger partial charge in [-0.2, -0.15) is 0 Å². The highest BCUT2D eigenvalue weighted by atomic mass is 32.1. The second-order valence-corrected chi connectivity index (χ2v) is 6.74. The van der Waals surface area contributed by atoms with Crippen LogP contribution in [0.25, 0.3) is 0 Å². The SMILES string of the molecule is O=C1CN=C(c2c(F)cccc2F)c2c(sc3c2CCOCC3)N1. The van der Waals surface area contributed by atoms with E-state index in [1.807, 2.05) is 0 Å². The molecule has 0 unspecified atom stereocenters. The van der Waals surface area contributed by atoms with E-state index < -0.39 is 11.6 Å². The molecule has 1 N–H and O–H groups in total. The summed E-state index contributed by atoms with van der Waals surface area (Å²) in [6.07, 6.45) is 1.35. The molecule has 4 nitrogen and oxygen atoms in total. The molecule has 0 aliphatic carbocycles. The number of amides is 1. The third kappa shape index (κ3) is 2.53. The second-order valence-electron chi connectivity index (χ2n) is 5.63. The number of hydrogen-bond donors (Lipinski definition) is 1. The summed E-state index contributed by atoms with van der Waals surface area (Å²) in [4.78, 5) is 17.3. The largest absolute Gasteiger partial charge is 0.381 e. The molecule has 4 rings (SSSR count). The first-order chi connectivity index (χ1) is 11.6. The molecule has 0 saturated heterocycles. The summed E-state index contributed by atoms with van der Waals surface area (Å²) in [5, 5.41) is 3.43. The number of nitrogens with zero attached hydrogens (tertiary/aromatic N) is 1. The molecular formula is C17H14F2N2O2S. The van der Waals surface area contributed by atoms with Crippen molar-refractivity contribution in [3.05, 3.63) is 51.4 Å². The fourth-order valence-corrected chi connectivity index (χ4v) is 4.33. The van der Waals surface area contributed by atoms with Crippen LogP contribution in [0.4, 0.5) is 13.8 Å². The van der Waals surface area contributed by atoms with Gasteiger partial charge in [0.1, 0.15) is 23.2 Å². The van der Waals surface area contributed by atoms with Gasteiger partial charge in [-0.1, -0.05) is 6.07 Å². The number of benzene rings is 1. The number of ether oxygens (including phenoxy) is 1. The van der Waals surface area contributed by atoms with Crippen molar-refractivity contribution in [2.24, 2.45) is 4.99 Å². The highest BCUT2D eigenvalue weighted by Gasteiger charge is 2.29. The van der Waals surface area contributed by atoms with Crippen LogP contribution in [0, 0.1) is 11.6 Å². The molecule has 1 amide bonds. The molecule has 0 saturated carbocycles. The first-order valence-electron chi connectivity index (χ1n) is 7.66. The van der Waals surface area contributed by atoms with Crippen LogP contribution in [0.5, 0.6) is 0 Å². The number of halogens is 2. The third-order valence-electron chi connectivity index (χ3n) is 4.13. The Hall–Kier alpha value is -2.12. The average molecular weight is 348 g/mol. The van der Waals surface area contributed by atoms with Gasteiger partial charge in [-0.05, 0) is 24.1 Å². The third-order valence-corrected chi connectivity index (χ3v) is 5.34. The summed E-state index contributed by atoms with van der Waals surface area (Å²) in [6.45, 7) is 0.980. The topological polar surface area (TPSA) is 50.7 Å². The number of thiophene rings is 1. The molecule has 0 radical (unpaired) electrons. The number of carbonyl (C=O) groups excluding carboxylic acids is 1. The van der Waals surface area contributed by atoms with Gasteiger partial charge in [0.15, 0.2) is 0 Å². The molecule has 24 heavy (non-hydrogen) atoms. The minimum absolute atomic E-state index is 0.157. The lowest BCUT2D eigenvalue weighted by Gasteiger charge is -2.11. The normalized spacial score (nSPS) is 17.2. The van der Waals surface area contributed by atoms with E-state index in [0.29, 0.717) is 30.2 Å². The molecular weight excluding hydrogens is 334 g/mol. The zero-order chi connectivity index (χ0) is 16.7. The van der Waals surface area contributed by atoms with Crippen molar-refractivity contribution >= 4 is 28.0 Å². The lowest BCUT2D eigenvalue weighted by molar-refractivity contribution is -0.114. The quantitative estimate of drug-likeness (QED) is 0.861. The number of fused-ring (bicyclic) bond motifs is 3. The maximum Gasteiger partial charge on any atom is 0.246 e. The zero-order valence-corrected chi connectivity index (χ0v) is 13.5. The Morgan fingerprint density at radius 3 is 2.67 bits per heavy atom. The lowest BCUT2D eigenvalue weighted by Crippen LogP contribution is -2.12. The van der Waals surface area contributed by atoms with Crippen molar-refractivity contribution in [1.82, 2.24) is 0 Å². The Balaban J connectivity index is 1.96. The number of rotatable bonds is 1. The minimum Gasteiger partial charge on any atom is -0.381 e. The van der Waals surface area contributed by atoms with Crippen molar-refractivity contribution in [3.63, 3.8) is 0 Å². The molecule has 0 bridgehead atoms. The van der Waals surface area contributed by atoms with Gasteiger partial charge in [0.2, 0.25) is 5.91 Å². The van der Waals surface area contributed by atoms with Gasteiger partial charge < -0.3 is 10.1 Å². The number of carbonyl (C=O) groups is 1. The van der Waals surface area contributed by atoms with Gasteiger partial charge in [0, 0.05) is 16.9 Å². The monoisotopic (exact) mass is 348 g/mol.